The molecule has 1 fully saturated rings. The molecular weight excluding hydrogens is 1120 g/mol. The predicted octanol–water partition coefficient (Wildman–Crippen LogP) is 0.840. The predicted molar refractivity (Wildman–Crippen MR) is 304 cm³/mol. The first kappa shape index (κ1) is 68.8. The number of nitrogens with zero attached hydrogens (tertiary/aromatic N) is 7. The summed E-state index contributed by atoms with van der Waals surface area (Å²) in [4.78, 5) is 115. The van der Waals surface area contributed by atoms with E-state index in [0.717, 1.165) is 42.4 Å². The Morgan fingerprint density at radius 1 is 0.624 bits per heavy atom. The smallest absolute Gasteiger partial charge is 0.335 e. The number of nitrogens with two attached hydrogens (primary N) is 2. The van der Waals surface area contributed by atoms with Crippen molar-refractivity contribution in [2.24, 2.45) is 5.90 Å². The molecule has 5 heterocycles. The molecule has 6 rings (SSSR count). The number of nitrogens with one attached hydrogen (secondary N) is 3. The summed E-state index contributed by atoms with van der Waals surface area (Å²) in [5, 5.41) is 10.7. The van der Waals surface area contributed by atoms with Crippen LogP contribution in [0, 0.1) is 0 Å². The average molecular weight is 1200 g/mol. The fourth-order valence-electron chi connectivity index (χ4n) is 7.86. The first-order valence-electron chi connectivity index (χ1n) is 28.4. The van der Waals surface area contributed by atoms with Crippen molar-refractivity contribution in [2.75, 3.05) is 180 Å². The molecule has 0 bridgehead atoms. The Labute approximate surface area is 493 Å². The van der Waals surface area contributed by atoms with E-state index in [4.69, 9.17) is 59.2 Å². The van der Waals surface area contributed by atoms with Crippen molar-refractivity contribution in [1.29, 1.82) is 0 Å². The summed E-state index contributed by atoms with van der Waals surface area (Å²) in [7, 11) is 2.00. The zero-order valence-corrected chi connectivity index (χ0v) is 48.6. The number of rotatable bonds is 45. The quantitative estimate of drug-likeness (QED) is 0.0297. The summed E-state index contributed by atoms with van der Waals surface area (Å²) in [5.74, 6) is 4.11. The molecule has 30 nitrogen and oxygen atoms in total. The lowest BCUT2D eigenvalue weighted by atomic mass is 10.1. The molecular formula is C55H82N12O18. The Balaban J connectivity index is 0.000000325. The highest BCUT2D eigenvalue weighted by Gasteiger charge is 2.37. The van der Waals surface area contributed by atoms with Gasteiger partial charge in [0.25, 0.3) is 23.6 Å². The molecule has 0 spiro atoms. The van der Waals surface area contributed by atoms with Crippen LogP contribution in [0.15, 0.2) is 42.6 Å². The van der Waals surface area contributed by atoms with Crippen LogP contribution in [0.4, 0.5) is 23.4 Å². The molecule has 6 amide bonds. The van der Waals surface area contributed by atoms with Gasteiger partial charge in [0.15, 0.2) is 0 Å². The van der Waals surface area contributed by atoms with Gasteiger partial charge in [0.2, 0.25) is 17.8 Å². The van der Waals surface area contributed by atoms with Crippen LogP contribution < -0.4 is 32.5 Å². The molecule has 3 aliphatic heterocycles. The van der Waals surface area contributed by atoms with Gasteiger partial charge in [0, 0.05) is 63.7 Å². The minimum absolute atomic E-state index is 0.0425. The molecule has 3 aliphatic rings. The lowest BCUT2D eigenvalue weighted by Gasteiger charge is -2.18. The summed E-state index contributed by atoms with van der Waals surface area (Å²) >= 11 is 0. The number of ether oxygens (including phenoxy) is 8. The molecule has 30 heteroatoms. The van der Waals surface area contributed by atoms with E-state index in [1.165, 1.54) is 0 Å². The minimum Gasteiger partial charge on any atom is -0.383 e. The summed E-state index contributed by atoms with van der Waals surface area (Å²) < 4.78 is 42.8. The number of benzene rings is 1. The second-order valence-electron chi connectivity index (χ2n) is 18.9. The van der Waals surface area contributed by atoms with Crippen LogP contribution in [0.3, 0.4) is 0 Å². The zero-order valence-electron chi connectivity index (χ0n) is 48.6. The maximum Gasteiger partial charge on any atom is 0.335 e. The number of unbranched alkanes of at least 4 members (excludes halogenated alkanes) is 1. The van der Waals surface area contributed by atoms with E-state index in [1.54, 1.807) is 35.4 Å². The third-order valence-electron chi connectivity index (χ3n) is 12.4. The van der Waals surface area contributed by atoms with E-state index in [1.807, 2.05) is 19.2 Å². The lowest BCUT2D eigenvalue weighted by Crippen LogP contribution is -2.35. The Morgan fingerprint density at radius 3 is 1.72 bits per heavy atom. The Kier molecular flexibility index (Phi) is 32.7. The Hall–Kier alpha value is -6.94. The van der Waals surface area contributed by atoms with Crippen LogP contribution in [-0.2, 0) is 89.3 Å². The second kappa shape index (κ2) is 40.4. The summed E-state index contributed by atoms with van der Waals surface area (Å²) in [5.41, 5.74) is 8.34. The highest BCUT2D eigenvalue weighted by atomic mass is 16.7. The molecule has 1 aromatic carbocycles. The molecule has 3 aromatic rings. The van der Waals surface area contributed by atoms with Crippen LogP contribution in [0.2, 0.25) is 0 Å². The summed E-state index contributed by atoms with van der Waals surface area (Å²) in [6.45, 7) is 11.9. The monoisotopic (exact) mass is 1200 g/mol. The number of hydrogen-bond donors (Lipinski definition) is 5. The van der Waals surface area contributed by atoms with Gasteiger partial charge in [-0.15, -0.1) is 10.1 Å². The molecule has 0 radical (unpaired) electrons. The van der Waals surface area contributed by atoms with Gasteiger partial charge >= 0.3 is 5.97 Å². The number of aromatic nitrogens is 3. The number of anilines is 4. The number of imide groups is 2. The van der Waals surface area contributed by atoms with Gasteiger partial charge in [-0.1, -0.05) is 31.5 Å². The zero-order chi connectivity index (χ0) is 60.9. The third kappa shape index (κ3) is 25.7. The molecule has 0 unspecified atom stereocenters. The van der Waals surface area contributed by atoms with Gasteiger partial charge in [-0.3, -0.25) is 38.5 Å². The molecule has 85 heavy (non-hydrogen) atoms. The summed E-state index contributed by atoms with van der Waals surface area (Å²) in [6, 6.07) is 10.4. The topological polar surface area (TPSA) is 361 Å². The average Bonchev–Trinajstić information content (AvgIpc) is 3.46. The van der Waals surface area contributed by atoms with Gasteiger partial charge in [0.05, 0.1) is 149 Å². The number of carbonyl (C=O) groups excluding carboxylic acids is 7. The molecule has 0 atom stereocenters. The minimum atomic E-state index is -0.717. The maximum atomic E-state index is 12.8. The van der Waals surface area contributed by atoms with Crippen LogP contribution in [0.5, 0.6) is 0 Å². The van der Waals surface area contributed by atoms with Crippen molar-refractivity contribution < 1.29 is 86.0 Å². The summed E-state index contributed by atoms with van der Waals surface area (Å²) in [6.07, 6.45) is 4.28. The Morgan fingerprint density at radius 2 is 1.16 bits per heavy atom. The van der Waals surface area contributed by atoms with E-state index in [0.29, 0.717) is 164 Å². The van der Waals surface area contributed by atoms with E-state index in [2.05, 4.69) is 47.6 Å². The van der Waals surface area contributed by atoms with Gasteiger partial charge in [-0.05, 0) is 37.2 Å². The normalized spacial score (nSPS) is 13.6. The SMILES string of the molecule is CCCCNc1nc(N)c2c(n1)N(Cc1ccc(NCCN(C)CCNC(=O)CCOCCOCCOCCOCCON)nc1)C(=O)C2.O=C(CCOCCOCCOCCOCCON1C(=O)c2ccccc2C1=O)ON1C(=O)CCC1=O. The van der Waals surface area contributed by atoms with E-state index in [9.17, 15) is 33.6 Å². The van der Waals surface area contributed by atoms with Crippen molar-refractivity contribution in [1.82, 2.24) is 35.3 Å². The van der Waals surface area contributed by atoms with Gasteiger partial charge in [-0.25, -0.2) is 15.7 Å². The molecule has 2 aromatic heterocycles. The fourth-order valence-corrected chi connectivity index (χ4v) is 7.86. The number of nitrogen functional groups attached to an aromatic ring is 1. The number of likely N-dealkylation sites (N-methyl/N-ethyl adjacent to an activating group) is 1. The standard InChI is InChI=1S/C32H54N10O7.C23H28N2O11/c1-3-4-8-37-32-39-30(33)26-22-29(44)42(31(26)40-32)24-25-5-6-27(38-23-25)35-9-11-41(2)12-10-36-28(43)7-13-45-14-15-46-16-17-47-18-19-48-20-21-49-34;26-19-5-6-20(27)24(19)36-21(28)7-8-31-9-10-32-11-12-33-13-14-34-15-16-35-25-22(29)17-3-1-2-4-18(17)23(25)30/h5-6,23H,3-4,7-22,24,34H2,1-2H3,(H,35,38)(H,36,43)(H3,33,37,39,40);1-4H,5-16H2. The molecule has 0 aliphatic carbocycles. The van der Waals surface area contributed by atoms with Crippen LogP contribution in [0.25, 0.3) is 0 Å². The van der Waals surface area contributed by atoms with E-state index >= 15 is 0 Å². The fraction of sp³-hybridized carbons (Fsp3) is 0.600. The first-order valence-corrected chi connectivity index (χ1v) is 28.4. The number of pyridine rings is 1. The van der Waals surface area contributed by atoms with Gasteiger partial charge < -0.3 is 74.2 Å². The molecule has 7 N–H and O–H groups in total. The van der Waals surface area contributed by atoms with Crippen molar-refractivity contribution in [3.05, 3.63) is 64.8 Å². The van der Waals surface area contributed by atoms with Crippen molar-refractivity contribution >= 4 is 64.8 Å². The maximum absolute atomic E-state index is 12.8. The number of fused-ring (bicyclic) bond motifs is 2. The van der Waals surface area contributed by atoms with Crippen LogP contribution >= 0.6 is 0 Å². The molecule has 470 valence electrons. The van der Waals surface area contributed by atoms with Gasteiger partial charge in [-0.2, -0.15) is 9.97 Å². The number of amides is 6. The van der Waals surface area contributed by atoms with Crippen LogP contribution in [0.1, 0.15) is 77.3 Å². The van der Waals surface area contributed by atoms with E-state index < -0.39 is 29.6 Å². The molecule has 1 saturated heterocycles. The van der Waals surface area contributed by atoms with Crippen molar-refractivity contribution in [2.45, 2.75) is 58.4 Å². The second-order valence-corrected chi connectivity index (χ2v) is 18.9. The van der Waals surface area contributed by atoms with Crippen molar-refractivity contribution in [3.63, 3.8) is 0 Å². The first-order chi connectivity index (χ1) is 41.4. The highest BCUT2D eigenvalue weighted by Crippen LogP contribution is 2.33. The van der Waals surface area contributed by atoms with Crippen molar-refractivity contribution in [3.8, 4) is 0 Å². The molecule has 0 saturated carbocycles. The van der Waals surface area contributed by atoms with E-state index in [-0.39, 0.29) is 63.9 Å². The van der Waals surface area contributed by atoms with Crippen LogP contribution in [-0.4, -0.2) is 230 Å². The number of hydrogen-bond acceptors (Lipinski definition) is 26. The van der Waals surface area contributed by atoms with Gasteiger partial charge in [0.1, 0.15) is 17.5 Å². The lowest BCUT2D eigenvalue weighted by molar-refractivity contribution is -0.198. The number of carbonyl (C=O) groups is 7. The number of hydroxylamine groups is 4. The Bertz CT molecular complexity index is 2480. The highest BCUT2D eigenvalue weighted by molar-refractivity contribution is 6.20. The largest absolute Gasteiger partial charge is 0.383 e. The third-order valence-corrected chi connectivity index (χ3v) is 12.4.